The second-order valence-electron chi connectivity index (χ2n) is 6.71. The number of alkyl halides is 3. The molecule has 0 aromatic rings. The molecule has 0 saturated heterocycles. The normalized spacial score (nSPS) is 13.0. The van der Waals surface area contributed by atoms with Crippen LogP contribution in [-0.4, -0.2) is 59.1 Å². The monoisotopic (exact) mass is 474 g/mol. The molecule has 0 saturated carbocycles. The lowest BCUT2D eigenvalue weighted by Crippen LogP contribution is -3.00. The number of nitrogens with zero attached hydrogens (tertiary/aromatic N) is 1. The zero-order valence-corrected chi connectivity index (χ0v) is 17.2. The van der Waals surface area contributed by atoms with Gasteiger partial charge in [0.05, 0.1) is 33.4 Å². The van der Waals surface area contributed by atoms with Crippen LogP contribution in [0.15, 0.2) is 0 Å². The van der Waals surface area contributed by atoms with Crippen LogP contribution in [0.2, 0.25) is 0 Å². The molecule has 0 aliphatic carbocycles. The van der Waals surface area contributed by atoms with Crippen molar-refractivity contribution in [2.24, 2.45) is 0 Å². The van der Waals surface area contributed by atoms with Gasteiger partial charge in [0.2, 0.25) is 10.0 Å². The fraction of sp³-hybridized carbons (Fsp3) is 1.00. The quantitative estimate of drug-likeness (QED) is 0.244. The van der Waals surface area contributed by atoms with E-state index in [0.717, 1.165) is 17.4 Å². The van der Waals surface area contributed by atoms with Crippen molar-refractivity contribution in [2.75, 3.05) is 40.0 Å². The second-order valence-corrected chi connectivity index (χ2v) is 8.64. The van der Waals surface area contributed by atoms with Gasteiger partial charge in [-0.25, -0.2) is 13.1 Å². The zero-order chi connectivity index (χ0) is 17.3. The van der Waals surface area contributed by atoms with E-state index >= 15 is 0 Å². The molecule has 0 rings (SSSR count). The molecule has 23 heavy (non-hydrogen) atoms. The molecule has 1 N–H and O–H groups in total. The summed E-state index contributed by atoms with van der Waals surface area (Å²) in [6.07, 6.45) is -1.64. The fourth-order valence-electron chi connectivity index (χ4n) is 2.00. The topological polar surface area (TPSA) is 46.2 Å². The molecule has 4 nitrogen and oxygen atoms in total. The molecule has 0 amide bonds. The predicted octanol–water partition coefficient (Wildman–Crippen LogP) is -0.0910. The van der Waals surface area contributed by atoms with Crippen molar-refractivity contribution >= 4 is 10.0 Å². The summed E-state index contributed by atoms with van der Waals surface area (Å²) < 4.78 is 62.5. The second kappa shape index (κ2) is 11.9. The molecule has 0 radical (unpaired) electrons. The van der Waals surface area contributed by atoms with Crippen molar-refractivity contribution in [1.29, 1.82) is 0 Å². The van der Waals surface area contributed by atoms with Crippen molar-refractivity contribution in [3.8, 4) is 0 Å². The molecule has 9 heteroatoms. The van der Waals surface area contributed by atoms with Crippen LogP contribution in [0, 0.1) is 0 Å². The average molecular weight is 474 g/mol. The fourth-order valence-corrected chi connectivity index (χ4v) is 3.18. The van der Waals surface area contributed by atoms with E-state index in [2.05, 4.69) is 4.72 Å². The first-order valence-corrected chi connectivity index (χ1v) is 9.41. The molecule has 0 aromatic heterocycles. The highest BCUT2D eigenvalue weighted by atomic mass is 127. The number of quaternary nitrogens is 1. The number of hydrogen-bond acceptors (Lipinski definition) is 2. The van der Waals surface area contributed by atoms with E-state index in [1.54, 1.807) is 0 Å². The Labute approximate surface area is 155 Å². The van der Waals surface area contributed by atoms with Crippen LogP contribution in [0.4, 0.5) is 13.2 Å². The van der Waals surface area contributed by atoms with Crippen molar-refractivity contribution in [3.63, 3.8) is 0 Å². The molecule has 0 bridgehead atoms. The van der Waals surface area contributed by atoms with E-state index in [9.17, 15) is 21.6 Å². The van der Waals surface area contributed by atoms with Gasteiger partial charge in [0.1, 0.15) is 0 Å². The van der Waals surface area contributed by atoms with Crippen molar-refractivity contribution in [3.05, 3.63) is 0 Å². The summed E-state index contributed by atoms with van der Waals surface area (Å²) in [5.41, 5.74) is 0. The molecular weight excluding hydrogens is 444 g/mol. The van der Waals surface area contributed by atoms with Gasteiger partial charge in [-0.05, 0) is 12.8 Å². The van der Waals surface area contributed by atoms with Crippen LogP contribution in [0.5, 0.6) is 0 Å². The van der Waals surface area contributed by atoms with Crippen LogP contribution in [0.1, 0.15) is 44.9 Å². The minimum atomic E-state index is -4.08. The lowest BCUT2D eigenvalue weighted by atomic mass is 10.1. The van der Waals surface area contributed by atoms with Crippen LogP contribution in [0.3, 0.4) is 0 Å². The number of unbranched alkanes of at least 4 members (excludes halogenated alkanes) is 4. The number of halogens is 4. The highest BCUT2D eigenvalue weighted by Gasteiger charge is 2.25. The van der Waals surface area contributed by atoms with Crippen LogP contribution in [0.25, 0.3) is 0 Å². The van der Waals surface area contributed by atoms with E-state index < -0.39 is 22.6 Å². The Bertz CT molecular complexity index is 396. The number of sulfonamides is 1. The molecule has 142 valence electrons. The van der Waals surface area contributed by atoms with Gasteiger partial charge in [-0.1, -0.05) is 19.3 Å². The lowest BCUT2D eigenvalue weighted by molar-refractivity contribution is -0.870. The first-order chi connectivity index (χ1) is 9.91. The van der Waals surface area contributed by atoms with Crippen molar-refractivity contribution in [1.82, 2.24) is 4.72 Å². The molecule has 0 heterocycles. The minimum absolute atomic E-state index is 0. The number of rotatable bonds is 12. The third kappa shape index (κ3) is 20.3. The van der Waals surface area contributed by atoms with E-state index in [0.29, 0.717) is 32.2 Å². The van der Waals surface area contributed by atoms with Crippen LogP contribution in [-0.2, 0) is 10.0 Å². The van der Waals surface area contributed by atoms with Gasteiger partial charge in [-0.15, -0.1) is 0 Å². The molecule has 0 unspecified atom stereocenters. The molecule has 0 fully saturated rings. The Morgan fingerprint density at radius 1 is 0.913 bits per heavy atom. The van der Waals surface area contributed by atoms with E-state index in [4.69, 9.17) is 0 Å². The first kappa shape index (κ1) is 25.6. The minimum Gasteiger partial charge on any atom is -1.00 e. The number of nitrogens with one attached hydrogen (secondary N) is 1. The van der Waals surface area contributed by atoms with Gasteiger partial charge in [0, 0.05) is 19.4 Å². The van der Waals surface area contributed by atoms with Gasteiger partial charge < -0.3 is 28.5 Å². The van der Waals surface area contributed by atoms with Crippen LogP contribution < -0.4 is 28.7 Å². The molecule has 0 spiro atoms. The van der Waals surface area contributed by atoms with Gasteiger partial charge in [-0.2, -0.15) is 13.2 Å². The third-order valence-electron chi connectivity index (χ3n) is 3.20. The highest BCUT2D eigenvalue weighted by Crippen LogP contribution is 2.23. The van der Waals surface area contributed by atoms with E-state index in [1.165, 1.54) is 0 Å². The van der Waals surface area contributed by atoms with Crippen LogP contribution >= 0.6 is 0 Å². The largest absolute Gasteiger partial charge is 1.00 e. The van der Waals surface area contributed by atoms with Gasteiger partial charge >= 0.3 is 6.18 Å². The summed E-state index contributed by atoms with van der Waals surface area (Å²) in [7, 11) is 2.89. The maximum Gasteiger partial charge on any atom is 0.389 e. The van der Waals surface area contributed by atoms with E-state index in [1.807, 2.05) is 21.1 Å². The Balaban J connectivity index is 0. The lowest BCUT2D eigenvalue weighted by Gasteiger charge is -2.23. The Hall–Kier alpha value is 0.390. The van der Waals surface area contributed by atoms with E-state index in [-0.39, 0.29) is 36.2 Å². The smallest absolute Gasteiger partial charge is 0.389 e. The Morgan fingerprint density at radius 2 is 1.43 bits per heavy atom. The maximum atomic E-state index is 11.9. The molecule has 0 aliphatic rings. The SMILES string of the molecule is C[N+](C)(C)CCCNS(=O)(=O)CCCCCCCC(F)(F)F.[I-]. The van der Waals surface area contributed by atoms with Crippen molar-refractivity contribution < 1.29 is 50.0 Å². The number of hydrogen-bond donors (Lipinski definition) is 1. The molecular formula is C14H30F3IN2O2S. The summed E-state index contributed by atoms with van der Waals surface area (Å²) in [6, 6.07) is 0. The third-order valence-corrected chi connectivity index (χ3v) is 4.67. The Kier molecular flexibility index (Phi) is 13.2. The summed E-state index contributed by atoms with van der Waals surface area (Å²) in [5, 5.41) is 0. The Morgan fingerprint density at radius 3 is 1.96 bits per heavy atom. The molecule has 0 atom stereocenters. The predicted molar refractivity (Wildman–Crippen MR) is 83.1 cm³/mol. The average Bonchev–Trinajstić information content (AvgIpc) is 2.31. The summed E-state index contributed by atoms with van der Waals surface area (Å²) in [4.78, 5) is 0. The highest BCUT2D eigenvalue weighted by molar-refractivity contribution is 7.89. The zero-order valence-electron chi connectivity index (χ0n) is 14.3. The molecule has 0 aliphatic heterocycles. The van der Waals surface area contributed by atoms with Gasteiger partial charge in [0.15, 0.2) is 0 Å². The standard InChI is InChI=1S/C14H30F3N2O2S.HI/c1-19(2,3)12-9-11-18-22(20,21)13-8-6-4-5-7-10-14(15,16)17;/h18H,4-13H2,1-3H3;1H/q+1;/p-1. The summed E-state index contributed by atoms with van der Waals surface area (Å²) >= 11 is 0. The first-order valence-electron chi connectivity index (χ1n) is 7.76. The molecule has 0 aromatic carbocycles. The maximum absolute atomic E-state index is 11.9. The van der Waals surface area contributed by atoms with Gasteiger partial charge in [-0.3, -0.25) is 0 Å². The van der Waals surface area contributed by atoms with Crippen molar-refractivity contribution in [2.45, 2.75) is 51.1 Å². The summed E-state index contributed by atoms with van der Waals surface area (Å²) in [6.45, 7) is 1.32. The summed E-state index contributed by atoms with van der Waals surface area (Å²) in [5.74, 6) is 0.0522. The van der Waals surface area contributed by atoms with Gasteiger partial charge in [0.25, 0.3) is 0 Å².